The molecular weight excluding hydrogens is 269 g/mol. The fraction of sp³-hybridized carbons (Fsp3) is 0.308. The third kappa shape index (κ3) is 4.02. The van der Waals surface area contributed by atoms with Gasteiger partial charge in [0.15, 0.2) is 0 Å². The maximum atomic E-state index is 5.98. The van der Waals surface area contributed by atoms with E-state index in [1.54, 1.807) is 6.07 Å². The van der Waals surface area contributed by atoms with Crippen LogP contribution in [0.15, 0.2) is 41.0 Å². The lowest BCUT2D eigenvalue weighted by atomic mass is 10.2. The van der Waals surface area contributed by atoms with E-state index < -0.39 is 0 Å². The zero-order valence-electron chi connectivity index (χ0n) is 9.87. The number of hydrogen-bond acceptors (Lipinski definition) is 3. The molecule has 2 rings (SSSR count). The van der Waals surface area contributed by atoms with E-state index in [2.05, 4.69) is 9.83 Å². The van der Waals surface area contributed by atoms with E-state index in [-0.39, 0.29) is 0 Å². The van der Waals surface area contributed by atoms with Gasteiger partial charge in [-0.1, -0.05) is 17.7 Å². The lowest BCUT2D eigenvalue weighted by molar-refractivity contribution is 0.980. The van der Waals surface area contributed by atoms with Gasteiger partial charge in [0.25, 0.3) is 0 Å². The van der Waals surface area contributed by atoms with Gasteiger partial charge in [-0.3, -0.25) is 4.99 Å². The first kappa shape index (κ1) is 13.4. The van der Waals surface area contributed by atoms with Gasteiger partial charge in [-0.25, -0.2) is 4.84 Å². The molecule has 1 aromatic carbocycles. The number of benzene rings is 1. The van der Waals surface area contributed by atoms with E-state index in [4.69, 9.17) is 29.1 Å². The first-order chi connectivity index (χ1) is 8.69. The maximum Gasteiger partial charge on any atom is 0.0648 e. The van der Waals surface area contributed by atoms with Crippen LogP contribution in [0.4, 0.5) is 5.69 Å². The Bertz CT molecular complexity index is 479. The molecule has 0 saturated heterocycles. The highest BCUT2D eigenvalue weighted by molar-refractivity contribution is 6.30. The highest BCUT2D eigenvalue weighted by Crippen LogP contribution is 2.33. The van der Waals surface area contributed by atoms with Crippen molar-refractivity contribution in [2.45, 2.75) is 12.8 Å². The minimum atomic E-state index is 0.460. The number of nitrogens with one attached hydrogen (secondary N) is 1. The summed E-state index contributed by atoms with van der Waals surface area (Å²) in [5.74, 6) is 0.518. The molecule has 3 nitrogen and oxygen atoms in total. The molecule has 0 spiro atoms. The van der Waals surface area contributed by atoms with Crippen LogP contribution in [0.3, 0.4) is 0 Å². The standard InChI is InChI=1S/C13H15Cl2N3/c14-10-2-1-3-11(6-10)18-12(8-17-15)7-13(16)9-4-5-9/h1-3,6-7,9,17H,4-5,8,16H2. The molecular formula is C13H15Cl2N3. The fourth-order valence-electron chi connectivity index (χ4n) is 1.63. The molecule has 0 bridgehead atoms. The molecule has 0 aromatic heterocycles. The monoisotopic (exact) mass is 283 g/mol. The Morgan fingerprint density at radius 2 is 2.28 bits per heavy atom. The topological polar surface area (TPSA) is 50.4 Å². The summed E-state index contributed by atoms with van der Waals surface area (Å²) in [5.41, 5.74) is 8.45. The Kier molecular flexibility index (Phi) is 4.64. The smallest absolute Gasteiger partial charge is 0.0648 e. The Labute approximate surface area is 117 Å². The van der Waals surface area contributed by atoms with Crippen molar-refractivity contribution < 1.29 is 0 Å². The van der Waals surface area contributed by atoms with Crippen molar-refractivity contribution in [1.29, 1.82) is 0 Å². The Morgan fingerprint density at radius 1 is 1.50 bits per heavy atom. The predicted octanol–water partition coefficient (Wildman–Crippen LogP) is 3.41. The van der Waals surface area contributed by atoms with Crippen LogP contribution in [0.5, 0.6) is 0 Å². The molecule has 0 heterocycles. The van der Waals surface area contributed by atoms with Crippen molar-refractivity contribution in [2.24, 2.45) is 16.6 Å². The van der Waals surface area contributed by atoms with Gasteiger partial charge in [0.2, 0.25) is 0 Å². The number of aliphatic imine (C=N–C) groups is 1. The molecule has 0 amide bonds. The third-order valence-corrected chi connectivity index (χ3v) is 3.08. The van der Waals surface area contributed by atoms with Gasteiger partial charge in [0.05, 0.1) is 17.9 Å². The molecule has 0 aliphatic heterocycles. The van der Waals surface area contributed by atoms with Crippen molar-refractivity contribution in [3.05, 3.63) is 41.1 Å². The molecule has 1 saturated carbocycles. The normalized spacial score (nSPS) is 17.0. The van der Waals surface area contributed by atoms with Crippen molar-refractivity contribution in [2.75, 3.05) is 6.54 Å². The molecule has 1 aromatic rings. The second kappa shape index (κ2) is 6.23. The van der Waals surface area contributed by atoms with Crippen LogP contribution in [0.1, 0.15) is 12.8 Å². The second-order valence-electron chi connectivity index (χ2n) is 4.31. The summed E-state index contributed by atoms with van der Waals surface area (Å²) in [6, 6.07) is 7.37. The molecule has 0 atom stereocenters. The van der Waals surface area contributed by atoms with Crippen LogP contribution in [0.2, 0.25) is 5.02 Å². The fourth-order valence-corrected chi connectivity index (χ4v) is 1.95. The lowest BCUT2D eigenvalue weighted by Crippen LogP contribution is -2.14. The highest BCUT2D eigenvalue weighted by atomic mass is 35.5. The number of nitrogens with zero attached hydrogens (tertiary/aromatic N) is 1. The summed E-state index contributed by atoms with van der Waals surface area (Å²) in [4.78, 5) is 7.06. The number of allylic oxidation sites excluding steroid dienone is 1. The molecule has 18 heavy (non-hydrogen) atoms. The van der Waals surface area contributed by atoms with Crippen LogP contribution in [0, 0.1) is 5.92 Å². The first-order valence-electron chi connectivity index (χ1n) is 5.82. The van der Waals surface area contributed by atoms with Crippen LogP contribution < -0.4 is 10.6 Å². The van der Waals surface area contributed by atoms with E-state index in [1.807, 2.05) is 24.3 Å². The summed E-state index contributed by atoms with van der Waals surface area (Å²) in [6.45, 7) is 0.460. The molecule has 1 aliphatic rings. The van der Waals surface area contributed by atoms with Crippen LogP contribution in [0.25, 0.3) is 0 Å². The van der Waals surface area contributed by atoms with E-state index in [1.165, 1.54) is 12.8 Å². The summed E-state index contributed by atoms with van der Waals surface area (Å²) in [6.07, 6.45) is 4.23. The van der Waals surface area contributed by atoms with E-state index in [9.17, 15) is 0 Å². The zero-order valence-corrected chi connectivity index (χ0v) is 11.4. The van der Waals surface area contributed by atoms with Crippen molar-refractivity contribution in [3.8, 4) is 0 Å². The second-order valence-corrected chi connectivity index (χ2v) is 5.02. The molecule has 0 unspecified atom stereocenters. The minimum Gasteiger partial charge on any atom is -0.402 e. The van der Waals surface area contributed by atoms with E-state index in [0.29, 0.717) is 17.5 Å². The van der Waals surface area contributed by atoms with E-state index in [0.717, 1.165) is 17.1 Å². The first-order valence-corrected chi connectivity index (χ1v) is 6.58. The molecule has 0 radical (unpaired) electrons. The van der Waals surface area contributed by atoms with Gasteiger partial charge < -0.3 is 5.73 Å². The van der Waals surface area contributed by atoms with Gasteiger partial charge in [0, 0.05) is 10.7 Å². The summed E-state index contributed by atoms with van der Waals surface area (Å²) in [7, 11) is 0. The highest BCUT2D eigenvalue weighted by Gasteiger charge is 2.24. The van der Waals surface area contributed by atoms with Crippen molar-refractivity contribution in [1.82, 2.24) is 4.84 Å². The third-order valence-electron chi connectivity index (χ3n) is 2.71. The average molecular weight is 284 g/mol. The molecule has 96 valence electrons. The number of nitrogens with two attached hydrogens (primary N) is 1. The van der Waals surface area contributed by atoms with E-state index >= 15 is 0 Å². The predicted molar refractivity (Wildman–Crippen MR) is 77.4 cm³/mol. The Balaban J connectivity index is 2.20. The van der Waals surface area contributed by atoms with Gasteiger partial charge >= 0.3 is 0 Å². The van der Waals surface area contributed by atoms with Crippen LogP contribution in [-0.2, 0) is 0 Å². The van der Waals surface area contributed by atoms with Crippen LogP contribution >= 0.6 is 23.4 Å². The van der Waals surface area contributed by atoms with Crippen LogP contribution in [-0.4, -0.2) is 12.3 Å². The Hall–Kier alpha value is -1.03. The number of halogens is 2. The summed E-state index contributed by atoms with van der Waals surface area (Å²) < 4.78 is 0. The van der Waals surface area contributed by atoms with Gasteiger partial charge in [-0.2, -0.15) is 0 Å². The molecule has 1 aliphatic carbocycles. The number of hydrogen-bond donors (Lipinski definition) is 2. The van der Waals surface area contributed by atoms with Gasteiger partial charge in [0.1, 0.15) is 0 Å². The largest absolute Gasteiger partial charge is 0.402 e. The Morgan fingerprint density at radius 3 is 2.89 bits per heavy atom. The average Bonchev–Trinajstić information content (AvgIpc) is 3.12. The van der Waals surface area contributed by atoms with Crippen molar-refractivity contribution >= 4 is 34.8 Å². The maximum absolute atomic E-state index is 5.98. The summed E-state index contributed by atoms with van der Waals surface area (Å²) in [5, 5.41) is 0.661. The zero-order chi connectivity index (χ0) is 13.0. The number of rotatable bonds is 5. The summed E-state index contributed by atoms with van der Waals surface area (Å²) >= 11 is 11.5. The minimum absolute atomic E-state index is 0.460. The van der Waals surface area contributed by atoms with Gasteiger partial charge in [-0.15, -0.1) is 0 Å². The molecule has 3 N–H and O–H groups in total. The quantitative estimate of drug-likeness (QED) is 0.643. The molecule has 1 fully saturated rings. The lowest BCUT2D eigenvalue weighted by Gasteiger charge is -2.03. The van der Waals surface area contributed by atoms with Crippen molar-refractivity contribution in [3.63, 3.8) is 0 Å². The SMILES string of the molecule is NC(=CC(CNCl)=Nc1cccc(Cl)c1)C1CC1. The molecule has 5 heteroatoms. The van der Waals surface area contributed by atoms with Gasteiger partial charge in [-0.05, 0) is 54.8 Å².